The van der Waals surface area contributed by atoms with Crippen LogP contribution in [-0.2, 0) is 11.9 Å². The van der Waals surface area contributed by atoms with Crippen LogP contribution in [0.3, 0.4) is 0 Å². The molecule has 1 fully saturated rings. The second-order valence-corrected chi connectivity index (χ2v) is 11.1. The van der Waals surface area contributed by atoms with Crippen LogP contribution in [0.25, 0.3) is 21.9 Å². The summed E-state index contributed by atoms with van der Waals surface area (Å²) in [6.07, 6.45) is 5.04. The van der Waals surface area contributed by atoms with Gasteiger partial charge >= 0.3 is 0 Å². The number of hydrogen-bond donors (Lipinski definition) is 3. The zero-order chi connectivity index (χ0) is 25.7. The van der Waals surface area contributed by atoms with E-state index in [1.807, 2.05) is 38.4 Å². The number of ketones is 1. The van der Waals surface area contributed by atoms with Gasteiger partial charge in [0.25, 0.3) is 0 Å². The van der Waals surface area contributed by atoms with Gasteiger partial charge in [0.1, 0.15) is 18.0 Å². The molecule has 37 heavy (non-hydrogen) atoms. The van der Waals surface area contributed by atoms with Crippen molar-refractivity contribution in [2.75, 3.05) is 17.6 Å². The van der Waals surface area contributed by atoms with Crippen LogP contribution in [0.5, 0.6) is 0 Å². The number of thioether (sulfide) groups is 1. The van der Waals surface area contributed by atoms with Gasteiger partial charge in [-0.1, -0.05) is 23.2 Å². The summed E-state index contributed by atoms with van der Waals surface area (Å²) in [4.78, 5) is 29.8. The van der Waals surface area contributed by atoms with Crippen molar-refractivity contribution in [3.8, 4) is 0 Å². The maximum Gasteiger partial charge on any atom is 0.199 e. The normalized spacial score (nSPS) is 18.5. The first-order valence-corrected chi connectivity index (χ1v) is 13.4. The number of nitrogens with one attached hydrogen (secondary N) is 3. The number of carbonyl (C=O) groups excluding carboxylic acids is 1. The Labute approximate surface area is 226 Å². The Hall–Kier alpha value is -3.18. The van der Waals surface area contributed by atoms with Crippen LogP contribution in [-0.4, -0.2) is 47.8 Å². The molecule has 4 heterocycles. The van der Waals surface area contributed by atoms with Gasteiger partial charge in [-0.05, 0) is 37.3 Å². The summed E-state index contributed by atoms with van der Waals surface area (Å²) in [5, 5.41) is 12.7. The minimum atomic E-state index is -0.946. The lowest BCUT2D eigenvalue weighted by Crippen LogP contribution is -2.42. The number of halogens is 2. The SMILES string of the molecule is C[C@H](Nc1ncnc2cc(C(=O)[C@]3(c4cnn(C)c4)NCCS3)c(Cl)cc12)c1nc2ccc(Cl)cc2[nH]1. The Morgan fingerprint density at radius 3 is 2.84 bits per heavy atom. The predicted molar refractivity (Wildman–Crippen MR) is 147 cm³/mol. The van der Waals surface area contributed by atoms with Gasteiger partial charge in [-0.25, -0.2) is 15.0 Å². The van der Waals surface area contributed by atoms with Crippen LogP contribution in [0.1, 0.15) is 34.7 Å². The smallest absolute Gasteiger partial charge is 0.199 e. The molecule has 9 nitrogen and oxygen atoms in total. The van der Waals surface area contributed by atoms with Gasteiger partial charge in [-0.2, -0.15) is 5.10 Å². The average molecular weight is 553 g/mol. The number of rotatable bonds is 6. The highest BCUT2D eigenvalue weighted by Gasteiger charge is 2.45. The van der Waals surface area contributed by atoms with E-state index in [4.69, 9.17) is 23.2 Å². The van der Waals surface area contributed by atoms with Gasteiger partial charge in [-0.15, -0.1) is 11.8 Å². The zero-order valence-corrected chi connectivity index (χ0v) is 22.2. The van der Waals surface area contributed by atoms with E-state index in [9.17, 15) is 4.79 Å². The van der Waals surface area contributed by atoms with Gasteiger partial charge in [-0.3, -0.25) is 14.8 Å². The van der Waals surface area contributed by atoms with Crippen molar-refractivity contribution in [2.45, 2.75) is 17.8 Å². The first kappa shape index (κ1) is 24.2. The lowest BCUT2D eigenvalue weighted by molar-refractivity contribution is 0.0927. The first-order chi connectivity index (χ1) is 17.8. The first-order valence-electron chi connectivity index (χ1n) is 11.6. The fraction of sp³-hybridized carbons (Fsp3) is 0.240. The molecule has 2 aromatic carbocycles. The molecule has 3 N–H and O–H groups in total. The third-order valence-corrected chi connectivity index (χ3v) is 8.37. The molecule has 3 aromatic heterocycles. The van der Waals surface area contributed by atoms with Crippen LogP contribution in [0.4, 0.5) is 5.82 Å². The van der Waals surface area contributed by atoms with E-state index in [2.05, 4.69) is 35.7 Å². The number of benzene rings is 2. The molecule has 5 aromatic rings. The fourth-order valence-electron chi connectivity index (χ4n) is 4.58. The van der Waals surface area contributed by atoms with Crippen LogP contribution in [0, 0.1) is 0 Å². The number of anilines is 1. The molecule has 0 unspecified atom stereocenters. The molecular formula is C25H22Cl2N8OS. The lowest BCUT2D eigenvalue weighted by Gasteiger charge is -2.26. The lowest BCUT2D eigenvalue weighted by atomic mass is 9.97. The molecule has 1 aliphatic heterocycles. The molecule has 6 rings (SSSR count). The number of hydrogen-bond acceptors (Lipinski definition) is 8. The van der Waals surface area contributed by atoms with Gasteiger partial charge in [0.2, 0.25) is 0 Å². The van der Waals surface area contributed by atoms with Crippen molar-refractivity contribution in [1.29, 1.82) is 0 Å². The maximum atomic E-state index is 13.9. The fourth-order valence-corrected chi connectivity index (χ4v) is 6.23. The van der Waals surface area contributed by atoms with Gasteiger partial charge in [0.15, 0.2) is 10.7 Å². The molecular weight excluding hydrogens is 531 g/mol. The monoisotopic (exact) mass is 552 g/mol. The maximum absolute atomic E-state index is 13.9. The van der Waals surface area contributed by atoms with Crippen molar-refractivity contribution >= 4 is 68.5 Å². The molecule has 0 amide bonds. The Kier molecular flexibility index (Phi) is 6.07. The van der Waals surface area contributed by atoms with Crippen molar-refractivity contribution in [3.63, 3.8) is 0 Å². The molecule has 2 atom stereocenters. The van der Waals surface area contributed by atoms with E-state index in [1.165, 1.54) is 6.33 Å². The molecule has 12 heteroatoms. The second kappa shape index (κ2) is 9.29. The molecule has 188 valence electrons. The summed E-state index contributed by atoms with van der Waals surface area (Å²) in [7, 11) is 1.83. The Morgan fingerprint density at radius 1 is 1.22 bits per heavy atom. The van der Waals surface area contributed by atoms with Crippen LogP contribution in [0.2, 0.25) is 10.0 Å². The molecule has 0 bridgehead atoms. The second-order valence-electron chi connectivity index (χ2n) is 8.91. The van der Waals surface area contributed by atoms with Gasteiger partial charge in [0.05, 0.1) is 33.8 Å². The quantitative estimate of drug-likeness (QED) is 0.249. The Morgan fingerprint density at radius 2 is 2.08 bits per heavy atom. The van der Waals surface area contributed by atoms with E-state index in [0.717, 1.165) is 28.2 Å². The molecule has 0 aliphatic carbocycles. The van der Waals surface area contributed by atoms with E-state index in [1.54, 1.807) is 34.8 Å². The Balaban J connectivity index is 1.35. The number of H-pyrrole nitrogens is 1. The third kappa shape index (κ3) is 4.23. The van der Waals surface area contributed by atoms with Crippen LogP contribution < -0.4 is 10.6 Å². The number of carbonyl (C=O) groups is 1. The minimum Gasteiger partial charge on any atom is -0.360 e. The van der Waals surface area contributed by atoms with Crippen molar-refractivity contribution in [2.24, 2.45) is 7.05 Å². The third-order valence-electron chi connectivity index (χ3n) is 6.42. The Bertz CT molecular complexity index is 1660. The van der Waals surface area contributed by atoms with E-state index >= 15 is 0 Å². The molecule has 0 saturated carbocycles. The number of aromatic nitrogens is 6. The average Bonchev–Trinajstić information content (AvgIpc) is 3.63. The van der Waals surface area contributed by atoms with Crippen molar-refractivity contribution < 1.29 is 4.79 Å². The van der Waals surface area contributed by atoms with Gasteiger partial charge in [0, 0.05) is 47.1 Å². The highest BCUT2D eigenvalue weighted by Crippen LogP contribution is 2.42. The number of nitrogens with zero attached hydrogens (tertiary/aromatic N) is 5. The number of aryl methyl sites for hydroxylation is 1. The van der Waals surface area contributed by atoms with Crippen molar-refractivity contribution in [1.82, 2.24) is 35.0 Å². The molecule has 1 aliphatic rings. The summed E-state index contributed by atoms with van der Waals surface area (Å²) < 4.78 is 1.69. The summed E-state index contributed by atoms with van der Waals surface area (Å²) in [6.45, 7) is 2.69. The van der Waals surface area contributed by atoms with E-state index in [-0.39, 0.29) is 11.8 Å². The molecule has 1 saturated heterocycles. The summed E-state index contributed by atoms with van der Waals surface area (Å²) in [5.74, 6) is 2.00. The van der Waals surface area contributed by atoms with Crippen LogP contribution >= 0.6 is 35.0 Å². The predicted octanol–water partition coefficient (Wildman–Crippen LogP) is 5.09. The highest BCUT2D eigenvalue weighted by atomic mass is 35.5. The molecule has 0 radical (unpaired) electrons. The number of imidazole rings is 1. The number of aromatic amines is 1. The largest absolute Gasteiger partial charge is 0.360 e. The van der Waals surface area contributed by atoms with Crippen LogP contribution in [0.15, 0.2) is 49.1 Å². The number of fused-ring (bicyclic) bond motifs is 2. The minimum absolute atomic E-state index is 0.127. The zero-order valence-electron chi connectivity index (χ0n) is 19.9. The standard InChI is InChI=1S/C25H22Cl2N8OS/c1-13(23-33-19-4-3-15(26)7-21(19)34-23)32-24-17-8-18(27)16(9-20(17)28-12-29-24)22(36)25(30-5-6-37-25)14-10-31-35(2)11-14/h3-4,7-13,30H,5-6H2,1-2H3,(H,33,34)(H,28,29,32)/t13-,25+/m0/s1. The van der Waals surface area contributed by atoms with E-state index < -0.39 is 4.87 Å². The summed E-state index contributed by atoms with van der Waals surface area (Å²) in [5.41, 5.74) is 3.48. The highest BCUT2D eigenvalue weighted by molar-refractivity contribution is 8.01. The summed E-state index contributed by atoms with van der Waals surface area (Å²) in [6, 6.07) is 8.81. The van der Waals surface area contributed by atoms with Gasteiger partial charge < -0.3 is 10.3 Å². The van der Waals surface area contributed by atoms with E-state index in [0.29, 0.717) is 38.9 Å². The molecule has 0 spiro atoms. The summed E-state index contributed by atoms with van der Waals surface area (Å²) >= 11 is 14.4. The topological polar surface area (TPSA) is 113 Å². The van der Waals surface area contributed by atoms with Crippen molar-refractivity contribution in [3.05, 3.63) is 76.0 Å². The number of Topliss-reactive ketones (excluding diaryl/α,β-unsaturated/α-hetero) is 1.